The molecule has 0 unspecified atom stereocenters. The predicted molar refractivity (Wildman–Crippen MR) is 123 cm³/mol. The Balaban J connectivity index is 1.87. The zero-order valence-corrected chi connectivity index (χ0v) is 18.9. The highest BCUT2D eigenvalue weighted by Gasteiger charge is 2.31. The number of benzene rings is 3. The first kappa shape index (κ1) is 22.6. The van der Waals surface area contributed by atoms with E-state index in [2.05, 4.69) is 6.92 Å². The fraction of sp³-hybridized carbons (Fsp3) is 0.240. The fourth-order valence-corrected chi connectivity index (χ4v) is 4.57. The van der Waals surface area contributed by atoms with E-state index in [1.165, 1.54) is 17.7 Å². The van der Waals surface area contributed by atoms with Crippen LogP contribution in [0.25, 0.3) is 0 Å². The third-order valence-electron chi connectivity index (χ3n) is 4.88. The topological polar surface area (TPSA) is 63.7 Å². The lowest BCUT2D eigenvalue weighted by Crippen LogP contribution is -2.40. The van der Waals surface area contributed by atoms with Gasteiger partial charge in [0, 0.05) is 0 Å². The minimum atomic E-state index is -4.10. The maximum atomic E-state index is 13.3. The summed E-state index contributed by atoms with van der Waals surface area (Å²) in [5.74, 6) is -0.146. The SMILES string of the molecule is CCCc1ccc(OCC(=O)N(c2ccc(C)cc2)S(=O)(=O)c2ccc(C)cc2)cc1. The van der Waals surface area contributed by atoms with Gasteiger partial charge in [-0.15, -0.1) is 0 Å². The molecule has 6 heteroatoms. The van der Waals surface area contributed by atoms with Crippen LogP contribution in [0.2, 0.25) is 0 Å². The second-order valence-corrected chi connectivity index (χ2v) is 9.28. The summed E-state index contributed by atoms with van der Waals surface area (Å²) in [4.78, 5) is 13.1. The molecule has 31 heavy (non-hydrogen) atoms. The van der Waals surface area contributed by atoms with Crippen LogP contribution < -0.4 is 9.04 Å². The van der Waals surface area contributed by atoms with E-state index >= 15 is 0 Å². The van der Waals surface area contributed by atoms with E-state index in [4.69, 9.17) is 4.74 Å². The average Bonchev–Trinajstić information content (AvgIpc) is 2.75. The molecular weight excluding hydrogens is 410 g/mol. The van der Waals surface area contributed by atoms with Crippen LogP contribution in [-0.2, 0) is 21.2 Å². The van der Waals surface area contributed by atoms with Gasteiger partial charge in [-0.3, -0.25) is 4.79 Å². The van der Waals surface area contributed by atoms with Gasteiger partial charge < -0.3 is 4.74 Å². The van der Waals surface area contributed by atoms with E-state index in [0.717, 1.165) is 28.3 Å². The Hall–Kier alpha value is -3.12. The molecule has 0 saturated heterocycles. The molecule has 5 nitrogen and oxygen atoms in total. The highest BCUT2D eigenvalue weighted by atomic mass is 32.2. The number of hydrogen-bond donors (Lipinski definition) is 0. The zero-order valence-electron chi connectivity index (χ0n) is 18.0. The predicted octanol–water partition coefficient (Wildman–Crippen LogP) is 5.06. The summed E-state index contributed by atoms with van der Waals surface area (Å²) >= 11 is 0. The number of nitrogens with zero attached hydrogens (tertiary/aromatic N) is 1. The minimum absolute atomic E-state index is 0.0518. The third-order valence-corrected chi connectivity index (χ3v) is 6.64. The number of carbonyl (C=O) groups excluding carboxylic acids is 1. The molecule has 0 N–H and O–H groups in total. The molecule has 0 radical (unpaired) electrons. The van der Waals surface area contributed by atoms with Crippen LogP contribution in [0.3, 0.4) is 0 Å². The summed E-state index contributed by atoms with van der Waals surface area (Å²) in [6.45, 7) is 5.48. The van der Waals surface area contributed by atoms with Crippen molar-refractivity contribution in [2.45, 2.75) is 38.5 Å². The van der Waals surface area contributed by atoms with E-state index < -0.39 is 22.5 Å². The molecule has 0 heterocycles. The highest BCUT2D eigenvalue weighted by molar-refractivity contribution is 7.93. The molecule has 0 saturated carbocycles. The van der Waals surface area contributed by atoms with Crippen molar-refractivity contribution in [2.75, 3.05) is 10.9 Å². The number of carbonyl (C=O) groups is 1. The molecule has 3 rings (SSSR count). The number of hydrogen-bond acceptors (Lipinski definition) is 4. The van der Waals surface area contributed by atoms with Gasteiger partial charge in [0.25, 0.3) is 15.9 Å². The van der Waals surface area contributed by atoms with E-state index in [-0.39, 0.29) is 10.6 Å². The molecule has 0 aliphatic rings. The summed E-state index contributed by atoms with van der Waals surface area (Å²) in [5, 5.41) is 0. The lowest BCUT2D eigenvalue weighted by atomic mass is 10.1. The number of ether oxygens (including phenoxy) is 1. The van der Waals surface area contributed by atoms with Crippen molar-refractivity contribution in [1.29, 1.82) is 0 Å². The second kappa shape index (κ2) is 9.79. The first-order chi connectivity index (χ1) is 14.8. The van der Waals surface area contributed by atoms with Crippen molar-refractivity contribution in [1.82, 2.24) is 0 Å². The van der Waals surface area contributed by atoms with Crippen LogP contribution in [0.4, 0.5) is 5.69 Å². The summed E-state index contributed by atoms with van der Waals surface area (Å²) in [6.07, 6.45) is 2.01. The molecule has 0 spiro atoms. The van der Waals surface area contributed by atoms with E-state index in [9.17, 15) is 13.2 Å². The lowest BCUT2D eigenvalue weighted by Gasteiger charge is -2.23. The Morgan fingerprint density at radius 3 is 1.94 bits per heavy atom. The first-order valence-electron chi connectivity index (χ1n) is 10.2. The number of amides is 1. The Kier molecular flexibility index (Phi) is 7.13. The van der Waals surface area contributed by atoms with Crippen molar-refractivity contribution in [3.8, 4) is 5.75 Å². The zero-order chi connectivity index (χ0) is 22.4. The van der Waals surface area contributed by atoms with Crippen LogP contribution in [0, 0.1) is 13.8 Å². The Bertz CT molecular complexity index is 1120. The van der Waals surface area contributed by atoms with Gasteiger partial charge in [-0.2, -0.15) is 4.31 Å². The van der Waals surface area contributed by atoms with Crippen molar-refractivity contribution in [3.05, 3.63) is 89.5 Å². The van der Waals surface area contributed by atoms with Crippen molar-refractivity contribution in [3.63, 3.8) is 0 Å². The van der Waals surface area contributed by atoms with Gasteiger partial charge in [-0.25, -0.2) is 8.42 Å². The molecule has 0 fully saturated rings. The number of aryl methyl sites for hydroxylation is 3. The summed E-state index contributed by atoms with van der Waals surface area (Å²) in [7, 11) is -4.10. The Labute approximate surface area is 184 Å². The fourth-order valence-electron chi connectivity index (χ4n) is 3.16. The van der Waals surface area contributed by atoms with Crippen LogP contribution in [0.5, 0.6) is 5.75 Å². The monoisotopic (exact) mass is 437 g/mol. The molecule has 0 bridgehead atoms. The van der Waals surface area contributed by atoms with Crippen LogP contribution >= 0.6 is 0 Å². The summed E-state index contributed by atoms with van der Waals surface area (Å²) in [5.41, 5.74) is 3.36. The van der Waals surface area contributed by atoms with E-state index in [0.29, 0.717) is 5.75 Å². The largest absolute Gasteiger partial charge is 0.484 e. The summed E-state index contributed by atoms with van der Waals surface area (Å²) in [6, 6.07) is 20.7. The third kappa shape index (κ3) is 5.52. The molecular formula is C25H27NO4S. The average molecular weight is 438 g/mol. The minimum Gasteiger partial charge on any atom is -0.484 e. The maximum absolute atomic E-state index is 13.3. The van der Waals surface area contributed by atoms with Gasteiger partial charge in [-0.05, 0) is 62.2 Å². The summed E-state index contributed by atoms with van der Waals surface area (Å²) < 4.78 is 33.1. The van der Waals surface area contributed by atoms with Crippen molar-refractivity contribution >= 4 is 21.6 Å². The van der Waals surface area contributed by atoms with Gasteiger partial charge in [-0.1, -0.05) is 60.9 Å². The van der Waals surface area contributed by atoms with Crippen molar-refractivity contribution < 1.29 is 17.9 Å². The maximum Gasteiger partial charge on any atom is 0.278 e. The molecule has 0 aliphatic carbocycles. The van der Waals surface area contributed by atoms with Crippen LogP contribution in [0.1, 0.15) is 30.0 Å². The molecule has 3 aromatic rings. The second-order valence-electron chi connectivity index (χ2n) is 7.49. The molecule has 0 aliphatic heterocycles. The number of anilines is 1. The van der Waals surface area contributed by atoms with Gasteiger partial charge in [0.05, 0.1) is 10.6 Å². The Morgan fingerprint density at radius 1 is 0.839 bits per heavy atom. The molecule has 1 amide bonds. The molecule has 3 aromatic carbocycles. The highest BCUT2D eigenvalue weighted by Crippen LogP contribution is 2.25. The molecule has 162 valence electrons. The van der Waals surface area contributed by atoms with Crippen LogP contribution in [0.15, 0.2) is 77.7 Å². The van der Waals surface area contributed by atoms with Crippen molar-refractivity contribution in [2.24, 2.45) is 0 Å². The van der Waals surface area contributed by atoms with Gasteiger partial charge in [0.1, 0.15) is 5.75 Å². The van der Waals surface area contributed by atoms with Gasteiger partial charge in [0.15, 0.2) is 6.61 Å². The molecule has 0 aromatic heterocycles. The Morgan fingerprint density at radius 2 is 1.39 bits per heavy atom. The van der Waals surface area contributed by atoms with Gasteiger partial charge >= 0.3 is 0 Å². The first-order valence-corrected chi connectivity index (χ1v) is 11.7. The smallest absolute Gasteiger partial charge is 0.278 e. The number of sulfonamides is 1. The standard InChI is InChI=1S/C25H27NO4S/c1-4-5-21-10-14-23(15-11-21)30-18-25(27)26(22-12-6-19(2)7-13-22)31(28,29)24-16-8-20(3)9-17-24/h6-17H,4-5,18H2,1-3H3. The number of rotatable bonds is 8. The van der Waals surface area contributed by atoms with E-state index in [1.807, 2.05) is 26.0 Å². The normalized spacial score (nSPS) is 11.2. The van der Waals surface area contributed by atoms with E-state index in [1.54, 1.807) is 48.5 Å². The molecule has 0 atom stereocenters. The van der Waals surface area contributed by atoms with Gasteiger partial charge in [0.2, 0.25) is 0 Å². The van der Waals surface area contributed by atoms with Crippen LogP contribution in [-0.4, -0.2) is 20.9 Å². The quantitative estimate of drug-likeness (QED) is 0.494. The lowest BCUT2D eigenvalue weighted by molar-refractivity contribution is -0.119.